The molecule has 4 aromatic rings. The lowest BCUT2D eigenvalue weighted by Gasteiger charge is -2.24. The van der Waals surface area contributed by atoms with Crippen LogP contribution in [0.1, 0.15) is 30.5 Å². The van der Waals surface area contributed by atoms with Gasteiger partial charge in [-0.15, -0.1) is 22.7 Å². The van der Waals surface area contributed by atoms with E-state index in [1.54, 1.807) is 34.8 Å². The molecule has 0 saturated heterocycles. The van der Waals surface area contributed by atoms with E-state index in [1.807, 2.05) is 35.0 Å². The van der Waals surface area contributed by atoms with Crippen molar-refractivity contribution in [1.29, 1.82) is 0 Å². The summed E-state index contributed by atoms with van der Waals surface area (Å²) in [5.41, 5.74) is -0.0329. The van der Waals surface area contributed by atoms with Crippen LogP contribution >= 0.6 is 22.7 Å². The fourth-order valence-corrected chi connectivity index (χ4v) is 7.30. The van der Waals surface area contributed by atoms with E-state index in [9.17, 15) is 18.0 Å². The van der Waals surface area contributed by atoms with E-state index in [0.717, 1.165) is 9.75 Å². The number of amides is 2. The van der Waals surface area contributed by atoms with Gasteiger partial charge in [0.2, 0.25) is 9.84 Å². The van der Waals surface area contributed by atoms with Gasteiger partial charge in [-0.3, -0.25) is 9.59 Å². The van der Waals surface area contributed by atoms with Gasteiger partial charge in [0.05, 0.1) is 11.1 Å². The molecule has 3 heterocycles. The van der Waals surface area contributed by atoms with Gasteiger partial charge in [-0.2, -0.15) is 0 Å². The minimum absolute atomic E-state index is 0.0164. The van der Waals surface area contributed by atoms with Gasteiger partial charge in [0.1, 0.15) is 21.3 Å². The Balaban J connectivity index is 1.41. The van der Waals surface area contributed by atoms with Crippen LogP contribution in [0, 0.1) is 0 Å². The Kier molecular flexibility index (Phi) is 6.90. The maximum atomic E-state index is 13.8. The number of rotatable bonds is 8. The van der Waals surface area contributed by atoms with Gasteiger partial charge < -0.3 is 15.4 Å². The topological polar surface area (TPSA) is 102 Å². The van der Waals surface area contributed by atoms with Crippen LogP contribution in [0.2, 0.25) is 0 Å². The fraction of sp³-hybridized carbons (Fsp3) is 0.154. The van der Waals surface area contributed by atoms with Crippen molar-refractivity contribution < 1.29 is 22.7 Å². The molecule has 184 valence electrons. The summed E-state index contributed by atoms with van der Waals surface area (Å²) in [6.07, 6.45) is 1.28. The van der Waals surface area contributed by atoms with E-state index in [2.05, 4.69) is 10.6 Å². The van der Waals surface area contributed by atoms with Crippen molar-refractivity contribution >= 4 is 44.3 Å². The van der Waals surface area contributed by atoms with E-state index in [-0.39, 0.29) is 32.4 Å². The summed E-state index contributed by atoms with van der Waals surface area (Å²) in [4.78, 5) is 27.8. The Labute approximate surface area is 216 Å². The molecule has 0 aliphatic carbocycles. The van der Waals surface area contributed by atoms with E-state index >= 15 is 0 Å². The van der Waals surface area contributed by atoms with Crippen molar-refractivity contribution in [3.05, 3.63) is 92.3 Å². The highest BCUT2D eigenvalue weighted by atomic mass is 32.2. The first kappa shape index (κ1) is 24.2. The second-order valence-corrected chi connectivity index (χ2v) is 11.9. The summed E-state index contributed by atoms with van der Waals surface area (Å²) in [6, 6.07) is 16.9. The number of carbonyl (C=O) groups excluding carboxylic acids is 2. The molecule has 10 heteroatoms. The SMILES string of the molecule is O=C(NCCc1cccs1)c1cccc2c1S(=O)(=O)c1c(cccc1C(=O)NCCc1cccs1)O2. The zero-order valence-electron chi connectivity index (χ0n) is 19.0. The molecule has 2 aromatic heterocycles. The largest absolute Gasteiger partial charge is 0.455 e. The molecule has 0 unspecified atom stereocenters. The third-order valence-electron chi connectivity index (χ3n) is 5.68. The summed E-state index contributed by atoms with van der Waals surface area (Å²) in [7, 11) is -4.23. The second kappa shape index (κ2) is 10.3. The van der Waals surface area contributed by atoms with Crippen LogP contribution in [0.3, 0.4) is 0 Å². The highest BCUT2D eigenvalue weighted by Gasteiger charge is 2.38. The summed E-state index contributed by atoms with van der Waals surface area (Å²) < 4.78 is 33.5. The van der Waals surface area contributed by atoms with Crippen LogP contribution in [-0.4, -0.2) is 33.3 Å². The first-order chi connectivity index (χ1) is 17.4. The molecule has 1 aliphatic rings. The Morgan fingerprint density at radius 3 is 1.58 bits per heavy atom. The molecule has 36 heavy (non-hydrogen) atoms. The summed E-state index contributed by atoms with van der Waals surface area (Å²) in [6.45, 7) is 0.719. The summed E-state index contributed by atoms with van der Waals surface area (Å²) >= 11 is 3.18. The van der Waals surface area contributed by atoms with Crippen molar-refractivity contribution in [2.45, 2.75) is 22.6 Å². The quantitative estimate of drug-likeness (QED) is 0.298. The van der Waals surface area contributed by atoms with Crippen LogP contribution < -0.4 is 15.4 Å². The lowest BCUT2D eigenvalue weighted by Crippen LogP contribution is -2.30. The Bertz CT molecular complexity index is 1400. The number of hydrogen-bond acceptors (Lipinski definition) is 7. The number of thiophene rings is 2. The number of nitrogens with one attached hydrogen (secondary N) is 2. The van der Waals surface area contributed by atoms with Crippen LogP contribution in [-0.2, 0) is 22.7 Å². The molecule has 0 fully saturated rings. The van der Waals surface area contributed by atoms with Crippen molar-refractivity contribution in [1.82, 2.24) is 10.6 Å². The molecule has 2 amide bonds. The molecular weight excluding hydrogens is 516 g/mol. The predicted octanol–water partition coefficient (Wildman–Crippen LogP) is 4.69. The minimum Gasteiger partial charge on any atom is -0.455 e. The van der Waals surface area contributed by atoms with E-state index in [0.29, 0.717) is 25.9 Å². The van der Waals surface area contributed by atoms with Gasteiger partial charge in [0, 0.05) is 22.8 Å². The van der Waals surface area contributed by atoms with Crippen LogP contribution in [0.5, 0.6) is 11.5 Å². The van der Waals surface area contributed by atoms with Crippen molar-refractivity contribution in [2.75, 3.05) is 13.1 Å². The minimum atomic E-state index is -4.23. The average molecular weight is 539 g/mol. The van der Waals surface area contributed by atoms with Gasteiger partial charge in [-0.1, -0.05) is 24.3 Å². The molecule has 2 N–H and O–H groups in total. The number of sulfone groups is 1. The molecule has 0 radical (unpaired) electrons. The zero-order chi connectivity index (χ0) is 25.1. The highest BCUT2D eigenvalue weighted by molar-refractivity contribution is 7.92. The van der Waals surface area contributed by atoms with E-state index in [4.69, 9.17) is 4.74 Å². The maximum absolute atomic E-state index is 13.8. The summed E-state index contributed by atoms with van der Waals surface area (Å²) in [5, 5.41) is 9.51. The van der Waals surface area contributed by atoms with E-state index in [1.165, 1.54) is 24.3 Å². The molecule has 0 bridgehead atoms. The van der Waals surface area contributed by atoms with Gasteiger partial charge in [0.25, 0.3) is 11.8 Å². The standard InChI is InChI=1S/C26H22N2O5S3/c29-25(27-13-11-17-5-3-15-34-17)19-7-1-9-21-23(19)36(31,32)24-20(8-2-10-22(24)33-21)26(30)28-14-12-18-6-4-16-35-18/h1-10,15-16H,11-14H2,(H,27,29)(H,28,30). The number of carbonyl (C=O) groups is 2. The van der Waals surface area contributed by atoms with Crippen molar-refractivity contribution in [2.24, 2.45) is 0 Å². The van der Waals surface area contributed by atoms with Crippen LogP contribution in [0.25, 0.3) is 0 Å². The number of ether oxygens (including phenoxy) is 1. The predicted molar refractivity (Wildman–Crippen MR) is 139 cm³/mol. The Hall–Kier alpha value is -3.47. The molecule has 0 saturated carbocycles. The van der Waals surface area contributed by atoms with Gasteiger partial charge in [0.15, 0.2) is 0 Å². The number of benzene rings is 2. The smallest absolute Gasteiger partial charge is 0.252 e. The molecule has 5 rings (SSSR count). The zero-order valence-corrected chi connectivity index (χ0v) is 21.5. The lowest BCUT2D eigenvalue weighted by molar-refractivity contribution is 0.0944. The lowest BCUT2D eigenvalue weighted by atomic mass is 10.1. The molecule has 0 atom stereocenters. The maximum Gasteiger partial charge on any atom is 0.252 e. The first-order valence-corrected chi connectivity index (χ1v) is 14.5. The molecule has 0 spiro atoms. The van der Waals surface area contributed by atoms with Crippen molar-refractivity contribution in [3.63, 3.8) is 0 Å². The highest BCUT2D eigenvalue weighted by Crippen LogP contribution is 2.45. The van der Waals surface area contributed by atoms with Crippen molar-refractivity contribution in [3.8, 4) is 11.5 Å². The molecule has 1 aliphatic heterocycles. The molecular formula is C26H22N2O5S3. The number of hydrogen-bond donors (Lipinski definition) is 2. The van der Waals surface area contributed by atoms with Crippen LogP contribution in [0.4, 0.5) is 0 Å². The third-order valence-corrected chi connectivity index (χ3v) is 9.47. The van der Waals surface area contributed by atoms with Gasteiger partial charge in [-0.05, 0) is 60.0 Å². The molecule has 7 nitrogen and oxygen atoms in total. The first-order valence-electron chi connectivity index (χ1n) is 11.3. The third kappa shape index (κ3) is 4.79. The Morgan fingerprint density at radius 2 is 1.17 bits per heavy atom. The van der Waals surface area contributed by atoms with E-state index < -0.39 is 21.7 Å². The van der Waals surface area contributed by atoms with Gasteiger partial charge >= 0.3 is 0 Å². The fourth-order valence-electron chi connectivity index (χ4n) is 4.02. The Morgan fingerprint density at radius 1 is 0.694 bits per heavy atom. The summed E-state index contributed by atoms with van der Waals surface area (Å²) in [5.74, 6) is -0.916. The monoisotopic (exact) mass is 538 g/mol. The van der Waals surface area contributed by atoms with Gasteiger partial charge in [-0.25, -0.2) is 8.42 Å². The second-order valence-electron chi connectivity index (χ2n) is 8.04. The number of fused-ring (bicyclic) bond motifs is 2. The normalized spacial score (nSPS) is 13.2. The molecule has 2 aromatic carbocycles. The van der Waals surface area contributed by atoms with Crippen LogP contribution in [0.15, 0.2) is 81.2 Å². The average Bonchev–Trinajstić information content (AvgIpc) is 3.58.